The van der Waals surface area contributed by atoms with Gasteiger partial charge in [0.1, 0.15) is 0 Å². The van der Waals surface area contributed by atoms with Crippen molar-refractivity contribution < 1.29 is 9.59 Å². The highest BCUT2D eigenvalue weighted by Gasteiger charge is 2.32. The number of pyridine rings is 1. The highest BCUT2D eigenvalue weighted by molar-refractivity contribution is 5.91. The van der Waals surface area contributed by atoms with Crippen LogP contribution in [0.15, 0.2) is 24.5 Å². The van der Waals surface area contributed by atoms with Gasteiger partial charge in [0, 0.05) is 25.7 Å². The van der Waals surface area contributed by atoms with E-state index in [-0.39, 0.29) is 43.0 Å². The fraction of sp³-hybridized carbons (Fsp3) is 0.533. The second-order valence-electron chi connectivity index (χ2n) is 4.99. The average molecular weight is 365 g/mol. The first kappa shape index (κ1) is 23.9. The molecule has 4 N–H and O–H groups in total. The van der Waals surface area contributed by atoms with Crippen molar-refractivity contribution in [1.29, 1.82) is 0 Å². The summed E-state index contributed by atoms with van der Waals surface area (Å²) < 4.78 is 0. The largest absolute Gasteiger partial charge is 0.355 e. The molecular formula is C15H26Cl2N4O2. The molecule has 8 heteroatoms. The Morgan fingerprint density at radius 1 is 1.26 bits per heavy atom. The highest BCUT2D eigenvalue weighted by Crippen LogP contribution is 2.24. The topological polar surface area (TPSA) is 97.1 Å². The molecule has 0 radical (unpaired) electrons. The molecule has 0 aliphatic carbocycles. The minimum absolute atomic E-state index is 0. The summed E-state index contributed by atoms with van der Waals surface area (Å²) in [7, 11) is 0. The van der Waals surface area contributed by atoms with E-state index < -0.39 is 5.41 Å². The van der Waals surface area contributed by atoms with Crippen molar-refractivity contribution in [1.82, 2.24) is 10.3 Å². The predicted octanol–water partition coefficient (Wildman–Crippen LogP) is 2.14. The van der Waals surface area contributed by atoms with Gasteiger partial charge in [0.05, 0.1) is 17.3 Å². The first-order valence-corrected chi connectivity index (χ1v) is 7.26. The summed E-state index contributed by atoms with van der Waals surface area (Å²) in [5.74, 6) is -0.237. The van der Waals surface area contributed by atoms with Gasteiger partial charge < -0.3 is 16.4 Å². The number of hydrogen-bond donors (Lipinski definition) is 3. The summed E-state index contributed by atoms with van der Waals surface area (Å²) in [4.78, 5) is 27.8. The minimum atomic E-state index is -0.528. The van der Waals surface area contributed by atoms with E-state index in [1.165, 1.54) is 0 Å². The Morgan fingerprint density at radius 2 is 1.91 bits per heavy atom. The molecule has 23 heavy (non-hydrogen) atoms. The first-order chi connectivity index (χ1) is 10.1. The maximum absolute atomic E-state index is 12.2. The summed E-state index contributed by atoms with van der Waals surface area (Å²) >= 11 is 0. The predicted molar refractivity (Wildman–Crippen MR) is 97.1 cm³/mol. The van der Waals surface area contributed by atoms with E-state index in [0.29, 0.717) is 31.6 Å². The smallest absolute Gasteiger partial charge is 0.227 e. The van der Waals surface area contributed by atoms with Gasteiger partial charge in [0.15, 0.2) is 0 Å². The van der Waals surface area contributed by atoms with Crippen molar-refractivity contribution in [2.45, 2.75) is 33.1 Å². The van der Waals surface area contributed by atoms with Crippen LogP contribution in [-0.2, 0) is 9.59 Å². The summed E-state index contributed by atoms with van der Waals surface area (Å²) in [6.07, 6.45) is 4.80. The molecule has 1 heterocycles. The number of hydrogen-bond acceptors (Lipinski definition) is 4. The molecule has 0 fully saturated rings. The van der Waals surface area contributed by atoms with Crippen molar-refractivity contribution >= 4 is 42.3 Å². The van der Waals surface area contributed by atoms with Crippen LogP contribution < -0.4 is 16.4 Å². The van der Waals surface area contributed by atoms with Gasteiger partial charge >= 0.3 is 0 Å². The van der Waals surface area contributed by atoms with E-state index in [4.69, 9.17) is 5.73 Å². The molecule has 0 atom stereocenters. The maximum atomic E-state index is 12.2. The quantitative estimate of drug-likeness (QED) is 0.657. The lowest BCUT2D eigenvalue weighted by molar-refractivity contribution is -0.131. The number of rotatable bonds is 8. The van der Waals surface area contributed by atoms with Gasteiger partial charge in [-0.05, 0) is 25.0 Å². The number of nitrogens with two attached hydrogens (primary N) is 1. The van der Waals surface area contributed by atoms with Gasteiger partial charge in [-0.1, -0.05) is 13.8 Å². The van der Waals surface area contributed by atoms with Gasteiger partial charge in [-0.2, -0.15) is 0 Å². The molecule has 0 spiro atoms. The van der Waals surface area contributed by atoms with Crippen LogP contribution in [0.25, 0.3) is 0 Å². The molecule has 2 amide bonds. The normalized spacial score (nSPS) is 10.0. The Labute approximate surface area is 149 Å². The standard InChI is InChI=1S/C15H24N4O2.2ClH/c1-3-15(4-2,11-16)14(21)18-9-7-13(20)19-12-6-5-8-17-10-12;;/h5-6,8,10H,3-4,7,9,11,16H2,1-2H3,(H,18,21)(H,19,20);2*1H. The summed E-state index contributed by atoms with van der Waals surface area (Å²) in [5, 5.41) is 5.52. The number of nitrogens with one attached hydrogen (secondary N) is 2. The number of aromatic nitrogens is 1. The summed E-state index contributed by atoms with van der Waals surface area (Å²) in [6.45, 7) is 4.51. The van der Waals surface area contributed by atoms with Gasteiger partial charge in [0.2, 0.25) is 11.8 Å². The van der Waals surface area contributed by atoms with Crippen LogP contribution in [0.5, 0.6) is 0 Å². The van der Waals surface area contributed by atoms with Gasteiger partial charge in [-0.25, -0.2) is 0 Å². The third-order valence-electron chi connectivity index (χ3n) is 3.81. The van der Waals surface area contributed by atoms with Crippen LogP contribution in [0.1, 0.15) is 33.1 Å². The number of carbonyl (C=O) groups is 2. The van der Waals surface area contributed by atoms with E-state index in [1.807, 2.05) is 13.8 Å². The molecule has 6 nitrogen and oxygen atoms in total. The number of carbonyl (C=O) groups excluding carboxylic acids is 2. The molecule has 0 saturated carbocycles. The van der Waals surface area contributed by atoms with Crippen LogP contribution in [-0.4, -0.2) is 29.9 Å². The van der Waals surface area contributed by atoms with Crippen LogP contribution in [0.4, 0.5) is 5.69 Å². The van der Waals surface area contributed by atoms with Gasteiger partial charge in [-0.3, -0.25) is 14.6 Å². The molecule has 0 saturated heterocycles. The molecule has 0 aliphatic rings. The lowest BCUT2D eigenvalue weighted by Gasteiger charge is -2.28. The summed E-state index contributed by atoms with van der Waals surface area (Å²) in [5.41, 5.74) is 5.83. The molecule has 1 aromatic heterocycles. The second-order valence-corrected chi connectivity index (χ2v) is 4.99. The second kappa shape index (κ2) is 12.1. The van der Waals surface area contributed by atoms with Crippen LogP contribution in [0, 0.1) is 5.41 Å². The SMILES string of the molecule is CCC(CC)(CN)C(=O)NCCC(=O)Nc1cccnc1.Cl.Cl. The summed E-state index contributed by atoms with van der Waals surface area (Å²) in [6, 6.07) is 3.51. The molecule has 0 aromatic carbocycles. The molecule has 132 valence electrons. The third-order valence-corrected chi connectivity index (χ3v) is 3.81. The number of nitrogens with zero attached hydrogens (tertiary/aromatic N) is 1. The molecule has 1 rings (SSSR count). The lowest BCUT2D eigenvalue weighted by atomic mass is 9.81. The molecule has 0 bridgehead atoms. The van der Waals surface area contributed by atoms with Crippen LogP contribution in [0.2, 0.25) is 0 Å². The van der Waals surface area contributed by atoms with Crippen molar-refractivity contribution in [2.75, 3.05) is 18.4 Å². The van der Waals surface area contributed by atoms with Crippen molar-refractivity contribution in [2.24, 2.45) is 11.1 Å². The monoisotopic (exact) mass is 364 g/mol. The molecular weight excluding hydrogens is 339 g/mol. The van der Waals surface area contributed by atoms with E-state index in [0.717, 1.165) is 0 Å². The van der Waals surface area contributed by atoms with Crippen molar-refractivity contribution in [3.05, 3.63) is 24.5 Å². The number of amides is 2. The fourth-order valence-electron chi connectivity index (χ4n) is 2.09. The fourth-order valence-corrected chi connectivity index (χ4v) is 2.09. The Bertz CT molecular complexity index is 460. The molecule has 0 unspecified atom stereocenters. The zero-order chi connectivity index (χ0) is 15.7. The maximum Gasteiger partial charge on any atom is 0.227 e. The van der Waals surface area contributed by atoms with Crippen LogP contribution >= 0.6 is 24.8 Å². The average Bonchev–Trinajstić information content (AvgIpc) is 2.50. The highest BCUT2D eigenvalue weighted by atomic mass is 35.5. The van der Waals surface area contributed by atoms with E-state index >= 15 is 0 Å². The van der Waals surface area contributed by atoms with Crippen LogP contribution in [0.3, 0.4) is 0 Å². The number of anilines is 1. The first-order valence-electron chi connectivity index (χ1n) is 7.26. The Morgan fingerprint density at radius 3 is 2.39 bits per heavy atom. The Kier molecular flexibility index (Phi) is 12.6. The zero-order valence-corrected chi connectivity index (χ0v) is 15.1. The molecule has 1 aromatic rings. The minimum Gasteiger partial charge on any atom is -0.355 e. The molecule has 0 aliphatic heterocycles. The number of halogens is 2. The zero-order valence-electron chi connectivity index (χ0n) is 13.5. The third kappa shape index (κ3) is 7.16. The van der Waals surface area contributed by atoms with E-state index in [9.17, 15) is 9.59 Å². The van der Waals surface area contributed by atoms with Gasteiger partial charge in [0.25, 0.3) is 0 Å². The van der Waals surface area contributed by atoms with Crippen molar-refractivity contribution in [3.63, 3.8) is 0 Å². The Balaban J connectivity index is 0. The Hall–Kier alpha value is -1.37. The lowest BCUT2D eigenvalue weighted by Crippen LogP contribution is -2.45. The van der Waals surface area contributed by atoms with Gasteiger partial charge in [-0.15, -0.1) is 24.8 Å². The van der Waals surface area contributed by atoms with Crippen molar-refractivity contribution in [3.8, 4) is 0 Å². The van der Waals surface area contributed by atoms with E-state index in [1.54, 1.807) is 24.5 Å². The van der Waals surface area contributed by atoms with E-state index in [2.05, 4.69) is 15.6 Å².